The molecule has 0 atom stereocenters. The van der Waals surface area contributed by atoms with Gasteiger partial charge in [0.05, 0.1) is 11.8 Å². The highest BCUT2D eigenvalue weighted by Crippen LogP contribution is 2.24. The van der Waals surface area contributed by atoms with Crippen molar-refractivity contribution < 1.29 is 19.4 Å². The summed E-state index contributed by atoms with van der Waals surface area (Å²) in [4.78, 5) is 24.4. The monoisotopic (exact) mass is 467 g/mol. The van der Waals surface area contributed by atoms with Crippen molar-refractivity contribution in [1.29, 1.82) is 0 Å². The van der Waals surface area contributed by atoms with Crippen LogP contribution in [0.15, 0.2) is 96.1 Å². The third kappa shape index (κ3) is 6.68. The van der Waals surface area contributed by atoms with Crippen molar-refractivity contribution in [3.8, 4) is 11.5 Å². The van der Waals surface area contributed by atoms with Gasteiger partial charge in [0, 0.05) is 6.54 Å². The van der Waals surface area contributed by atoms with Crippen LogP contribution in [0.5, 0.6) is 11.5 Å². The van der Waals surface area contributed by atoms with Crippen molar-refractivity contribution in [2.45, 2.75) is 6.42 Å². The maximum Gasteiger partial charge on any atom is 0.275 e. The van der Waals surface area contributed by atoms with E-state index in [4.69, 9.17) is 4.74 Å². The summed E-state index contributed by atoms with van der Waals surface area (Å²) in [6.45, 7) is 0.470. The second-order valence-electron chi connectivity index (χ2n) is 7.86. The summed E-state index contributed by atoms with van der Waals surface area (Å²) < 4.78 is 5.52. The quantitative estimate of drug-likeness (QED) is 0.255. The number of hydrogen-bond acceptors (Lipinski definition) is 5. The van der Waals surface area contributed by atoms with Gasteiger partial charge < -0.3 is 15.2 Å². The molecule has 0 aliphatic carbocycles. The lowest BCUT2D eigenvalue weighted by atomic mass is 10.1. The van der Waals surface area contributed by atoms with Crippen LogP contribution >= 0.6 is 0 Å². The van der Waals surface area contributed by atoms with Crippen LogP contribution in [0.3, 0.4) is 0 Å². The summed E-state index contributed by atoms with van der Waals surface area (Å²) in [5.41, 5.74) is 4.46. The molecule has 0 radical (unpaired) electrons. The van der Waals surface area contributed by atoms with Crippen LogP contribution in [0.25, 0.3) is 10.8 Å². The molecule has 176 valence electrons. The maximum atomic E-state index is 12.4. The third-order valence-corrected chi connectivity index (χ3v) is 5.32. The summed E-state index contributed by atoms with van der Waals surface area (Å²) in [7, 11) is 0. The summed E-state index contributed by atoms with van der Waals surface area (Å²) in [6, 6.07) is 27.5. The third-order valence-electron chi connectivity index (χ3n) is 5.32. The Hall–Kier alpha value is -4.65. The fourth-order valence-electron chi connectivity index (χ4n) is 3.48. The largest absolute Gasteiger partial charge is 0.507 e. The van der Waals surface area contributed by atoms with Crippen molar-refractivity contribution >= 4 is 28.8 Å². The fourth-order valence-corrected chi connectivity index (χ4v) is 3.48. The molecule has 0 saturated carbocycles. The highest BCUT2D eigenvalue weighted by Gasteiger charge is 2.11. The minimum Gasteiger partial charge on any atom is -0.507 e. The second kappa shape index (κ2) is 11.5. The van der Waals surface area contributed by atoms with E-state index in [-0.39, 0.29) is 23.8 Å². The zero-order valence-corrected chi connectivity index (χ0v) is 19.0. The number of phenolic OH excluding ortho intramolecular Hbond substituents is 1. The highest BCUT2D eigenvalue weighted by atomic mass is 16.5. The zero-order valence-electron chi connectivity index (χ0n) is 19.0. The van der Waals surface area contributed by atoms with Gasteiger partial charge in [-0.2, -0.15) is 5.10 Å². The number of ether oxygens (including phenoxy) is 1. The normalized spacial score (nSPS) is 10.9. The molecular formula is C28H25N3O4. The van der Waals surface area contributed by atoms with Crippen molar-refractivity contribution in [1.82, 2.24) is 10.7 Å². The summed E-state index contributed by atoms with van der Waals surface area (Å²) in [5.74, 6) is -0.263. The molecule has 2 amide bonds. The van der Waals surface area contributed by atoms with E-state index in [0.29, 0.717) is 12.3 Å². The molecule has 0 bridgehead atoms. The number of nitrogens with one attached hydrogen (secondary N) is 2. The van der Waals surface area contributed by atoms with Gasteiger partial charge in [-0.3, -0.25) is 9.59 Å². The van der Waals surface area contributed by atoms with Crippen molar-refractivity contribution in [3.05, 3.63) is 108 Å². The van der Waals surface area contributed by atoms with Crippen LogP contribution < -0.4 is 15.5 Å². The lowest BCUT2D eigenvalue weighted by Gasteiger charge is -2.08. The second-order valence-corrected chi connectivity index (χ2v) is 7.86. The van der Waals surface area contributed by atoms with Gasteiger partial charge in [-0.15, -0.1) is 0 Å². The Morgan fingerprint density at radius 1 is 0.886 bits per heavy atom. The Morgan fingerprint density at radius 2 is 1.57 bits per heavy atom. The van der Waals surface area contributed by atoms with Gasteiger partial charge in [0.2, 0.25) is 0 Å². The van der Waals surface area contributed by atoms with Crippen LogP contribution in [-0.4, -0.2) is 36.3 Å². The molecule has 35 heavy (non-hydrogen) atoms. The first-order valence-corrected chi connectivity index (χ1v) is 11.2. The van der Waals surface area contributed by atoms with E-state index in [1.807, 2.05) is 54.6 Å². The molecule has 0 saturated heterocycles. The maximum absolute atomic E-state index is 12.4. The molecule has 4 aromatic rings. The first kappa shape index (κ1) is 23.5. The topological polar surface area (TPSA) is 100 Å². The zero-order chi connectivity index (χ0) is 24.5. The van der Waals surface area contributed by atoms with Crippen LogP contribution in [0.4, 0.5) is 0 Å². The van der Waals surface area contributed by atoms with E-state index in [9.17, 15) is 14.7 Å². The number of fused-ring (bicyclic) bond motifs is 1. The average Bonchev–Trinajstić information content (AvgIpc) is 2.88. The van der Waals surface area contributed by atoms with Crippen molar-refractivity contribution in [3.63, 3.8) is 0 Å². The van der Waals surface area contributed by atoms with Crippen LogP contribution in [0.1, 0.15) is 21.5 Å². The van der Waals surface area contributed by atoms with Crippen molar-refractivity contribution in [2.75, 3.05) is 13.2 Å². The molecular weight excluding hydrogens is 442 g/mol. The Balaban J connectivity index is 1.23. The standard InChI is InChI=1S/C28H25N3O4/c32-26-17-23-9-5-4-8-22(23)16-25(26)28(34)31-30-18-21-10-12-24(13-11-21)35-19-27(33)29-15-14-20-6-2-1-3-7-20/h1-13,16-18,32H,14-15,19H2,(H,29,33)(H,31,34). The summed E-state index contributed by atoms with van der Waals surface area (Å²) >= 11 is 0. The van der Waals surface area contributed by atoms with Gasteiger partial charge in [-0.1, -0.05) is 54.6 Å². The van der Waals surface area contributed by atoms with E-state index in [0.717, 1.165) is 28.3 Å². The predicted octanol–water partition coefficient (Wildman–Crippen LogP) is 4.05. The minimum absolute atomic E-state index is 0.0759. The number of amides is 2. The van der Waals surface area contributed by atoms with Gasteiger partial charge in [-0.25, -0.2) is 5.43 Å². The number of aromatic hydroxyl groups is 1. The van der Waals surface area contributed by atoms with E-state index in [2.05, 4.69) is 15.8 Å². The molecule has 0 aliphatic heterocycles. The molecule has 4 rings (SSSR count). The Bertz CT molecular complexity index is 1340. The SMILES string of the molecule is O=C(COc1ccc(C=NNC(=O)c2cc3ccccc3cc2O)cc1)NCCc1ccccc1. The number of carbonyl (C=O) groups is 2. The molecule has 7 nitrogen and oxygen atoms in total. The number of hydrazone groups is 1. The molecule has 4 aromatic carbocycles. The summed E-state index contributed by atoms with van der Waals surface area (Å²) in [6.07, 6.45) is 2.24. The van der Waals surface area contributed by atoms with E-state index in [1.165, 1.54) is 6.21 Å². The van der Waals surface area contributed by atoms with E-state index < -0.39 is 5.91 Å². The lowest BCUT2D eigenvalue weighted by molar-refractivity contribution is -0.123. The first-order chi connectivity index (χ1) is 17.1. The smallest absolute Gasteiger partial charge is 0.275 e. The molecule has 0 unspecified atom stereocenters. The molecule has 0 aromatic heterocycles. The molecule has 0 fully saturated rings. The van der Waals surface area contributed by atoms with E-state index in [1.54, 1.807) is 36.4 Å². The summed E-state index contributed by atoms with van der Waals surface area (Å²) in [5, 5.41) is 18.6. The molecule has 0 aliphatic rings. The number of carbonyl (C=O) groups excluding carboxylic acids is 2. The van der Waals surface area contributed by atoms with Crippen molar-refractivity contribution in [2.24, 2.45) is 5.10 Å². The molecule has 7 heteroatoms. The van der Waals surface area contributed by atoms with Crippen LogP contribution in [0, 0.1) is 0 Å². The van der Waals surface area contributed by atoms with Crippen LogP contribution in [-0.2, 0) is 11.2 Å². The predicted molar refractivity (Wildman–Crippen MR) is 136 cm³/mol. The highest BCUT2D eigenvalue weighted by molar-refractivity contribution is 6.01. The van der Waals surface area contributed by atoms with Gasteiger partial charge in [0.1, 0.15) is 11.5 Å². The van der Waals surface area contributed by atoms with E-state index >= 15 is 0 Å². The van der Waals surface area contributed by atoms with Gasteiger partial charge >= 0.3 is 0 Å². The Kier molecular flexibility index (Phi) is 7.70. The molecule has 3 N–H and O–H groups in total. The number of benzene rings is 4. The number of nitrogens with zero attached hydrogens (tertiary/aromatic N) is 1. The number of hydrogen-bond donors (Lipinski definition) is 3. The molecule has 0 spiro atoms. The number of phenols is 1. The lowest BCUT2D eigenvalue weighted by Crippen LogP contribution is -2.30. The van der Waals surface area contributed by atoms with Crippen LogP contribution in [0.2, 0.25) is 0 Å². The number of rotatable bonds is 9. The van der Waals surface area contributed by atoms with Gasteiger partial charge in [0.15, 0.2) is 6.61 Å². The first-order valence-electron chi connectivity index (χ1n) is 11.2. The Morgan fingerprint density at radius 3 is 2.31 bits per heavy atom. The Labute approximate surface area is 203 Å². The molecule has 0 heterocycles. The average molecular weight is 468 g/mol. The fraction of sp³-hybridized carbons (Fsp3) is 0.107. The minimum atomic E-state index is -0.511. The van der Waals surface area contributed by atoms with Gasteiger partial charge in [-0.05, 0) is 64.7 Å². The van der Waals surface area contributed by atoms with Gasteiger partial charge in [0.25, 0.3) is 11.8 Å².